The van der Waals surface area contributed by atoms with Gasteiger partial charge in [-0.1, -0.05) is 64.8 Å². The topological polar surface area (TPSA) is 65.2 Å². The molecule has 0 spiro atoms. The molecule has 3 rings (SSSR count). The van der Waals surface area contributed by atoms with Crippen LogP contribution in [0, 0.1) is 0 Å². The maximum absolute atomic E-state index is 10.6. The second kappa shape index (κ2) is 9.92. The van der Waals surface area contributed by atoms with E-state index >= 15 is 0 Å². The summed E-state index contributed by atoms with van der Waals surface area (Å²) in [4.78, 5) is 9.63. The van der Waals surface area contributed by atoms with Crippen LogP contribution in [0.15, 0.2) is 46.4 Å². The number of aromatic hydroxyl groups is 2. The molecule has 0 radical (unpaired) electrons. The van der Waals surface area contributed by atoms with E-state index in [0.717, 1.165) is 47.9 Å². The zero-order valence-electron chi connectivity index (χ0n) is 18.5. The largest absolute Gasteiger partial charge is 0.507 e. The van der Waals surface area contributed by atoms with Crippen molar-refractivity contribution in [3.05, 3.63) is 58.7 Å². The third-order valence-electron chi connectivity index (χ3n) is 5.95. The molecule has 0 aromatic heterocycles. The molecule has 160 valence electrons. The minimum absolute atomic E-state index is 0.0903. The van der Waals surface area contributed by atoms with Gasteiger partial charge >= 0.3 is 0 Å². The van der Waals surface area contributed by atoms with Crippen LogP contribution in [0.4, 0.5) is 0 Å². The van der Waals surface area contributed by atoms with Crippen LogP contribution in [0.3, 0.4) is 0 Å². The summed E-state index contributed by atoms with van der Waals surface area (Å²) in [6, 6.07) is 11.9. The van der Waals surface area contributed by atoms with Crippen molar-refractivity contribution in [3.8, 4) is 11.5 Å². The van der Waals surface area contributed by atoms with Gasteiger partial charge in [-0.05, 0) is 47.9 Å². The Morgan fingerprint density at radius 1 is 0.733 bits per heavy atom. The molecule has 1 aliphatic carbocycles. The van der Waals surface area contributed by atoms with E-state index in [1.165, 1.54) is 0 Å². The van der Waals surface area contributed by atoms with Crippen LogP contribution in [0.5, 0.6) is 11.5 Å². The molecule has 4 heteroatoms. The van der Waals surface area contributed by atoms with Gasteiger partial charge in [0.15, 0.2) is 0 Å². The molecular weight excluding hydrogens is 372 g/mol. The molecule has 0 aliphatic heterocycles. The Bertz CT molecular complexity index is 840. The molecular formula is C26H34N2O2. The molecule has 1 saturated carbocycles. The molecule has 1 aliphatic rings. The van der Waals surface area contributed by atoms with Crippen LogP contribution in [0.25, 0.3) is 0 Å². The fourth-order valence-electron chi connectivity index (χ4n) is 4.09. The molecule has 0 heterocycles. The summed E-state index contributed by atoms with van der Waals surface area (Å²) in [5.41, 5.74) is 3.41. The number of phenols is 2. The number of benzene rings is 2. The highest BCUT2D eigenvalue weighted by Gasteiger charge is 2.23. The summed E-state index contributed by atoms with van der Waals surface area (Å²) in [7, 11) is 0. The number of hydrogen-bond donors (Lipinski definition) is 2. The van der Waals surface area contributed by atoms with E-state index in [9.17, 15) is 10.2 Å². The lowest BCUT2D eigenvalue weighted by atomic mass is 9.91. The fourth-order valence-corrected chi connectivity index (χ4v) is 4.09. The van der Waals surface area contributed by atoms with E-state index in [1.54, 1.807) is 12.4 Å². The lowest BCUT2D eigenvalue weighted by molar-refractivity contribution is 0.390. The fraction of sp³-hybridized carbons (Fsp3) is 0.462. The zero-order valence-corrected chi connectivity index (χ0v) is 18.5. The van der Waals surface area contributed by atoms with Gasteiger partial charge in [0, 0.05) is 23.6 Å². The summed E-state index contributed by atoms with van der Waals surface area (Å²) in [5.74, 6) is 1.17. The molecule has 30 heavy (non-hydrogen) atoms. The minimum Gasteiger partial charge on any atom is -0.507 e. The van der Waals surface area contributed by atoms with Gasteiger partial charge in [0.2, 0.25) is 0 Å². The van der Waals surface area contributed by atoms with Crippen molar-refractivity contribution in [2.45, 2.75) is 77.3 Å². The SMILES string of the molecule is CC(C)c1cccc(C=N[C@@H]2CCCC[C@H]2N=Cc2cccc(C(C)C)c2O)c1O. The van der Waals surface area contributed by atoms with Crippen molar-refractivity contribution in [1.82, 2.24) is 0 Å². The average molecular weight is 407 g/mol. The number of nitrogens with zero attached hydrogens (tertiary/aromatic N) is 2. The van der Waals surface area contributed by atoms with Gasteiger partial charge in [-0.25, -0.2) is 0 Å². The summed E-state index contributed by atoms with van der Waals surface area (Å²) in [5, 5.41) is 21.1. The number of para-hydroxylation sites is 2. The molecule has 4 nitrogen and oxygen atoms in total. The van der Waals surface area contributed by atoms with E-state index in [4.69, 9.17) is 9.98 Å². The summed E-state index contributed by atoms with van der Waals surface area (Å²) >= 11 is 0. The van der Waals surface area contributed by atoms with Gasteiger partial charge in [-0.15, -0.1) is 0 Å². The molecule has 0 amide bonds. The second-order valence-electron chi connectivity index (χ2n) is 8.86. The van der Waals surface area contributed by atoms with Crippen molar-refractivity contribution in [1.29, 1.82) is 0 Å². The number of hydrogen-bond acceptors (Lipinski definition) is 4. The Morgan fingerprint density at radius 3 is 1.50 bits per heavy atom. The smallest absolute Gasteiger partial charge is 0.127 e. The average Bonchev–Trinajstić information content (AvgIpc) is 2.72. The zero-order chi connectivity index (χ0) is 21.7. The van der Waals surface area contributed by atoms with E-state index in [0.29, 0.717) is 11.5 Å². The van der Waals surface area contributed by atoms with Crippen molar-refractivity contribution in [2.75, 3.05) is 0 Å². The van der Waals surface area contributed by atoms with Gasteiger partial charge in [-0.3, -0.25) is 9.98 Å². The first kappa shape index (κ1) is 22.1. The Morgan fingerprint density at radius 2 is 1.13 bits per heavy atom. The molecule has 2 aromatic rings. The highest BCUT2D eigenvalue weighted by Crippen LogP contribution is 2.30. The lowest BCUT2D eigenvalue weighted by Gasteiger charge is -2.25. The van der Waals surface area contributed by atoms with E-state index < -0.39 is 0 Å². The Balaban J connectivity index is 1.80. The first-order valence-electron chi connectivity index (χ1n) is 11.1. The van der Waals surface area contributed by atoms with Crippen LogP contribution < -0.4 is 0 Å². The molecule has 0 saturated heterocycles. The van der Waals surface area contributed by atoms with Crippen molar-refractivity contribution >= 4 is 12.4 Å². The van der Waals surface area contributed by atoms with Gasteiger partial charge in [0.1, 0.15) is 11.5 Å². The molecule has 0 bridgehead atoms. The quantitative estimate of drug-likeness (QED) is 0.561. The lowest BCUT2D eigenvalue weighted by Crippen LogP contribution is -2.27. The Kier molecular flexibility index (Phi) is 7.30. The van der Waals surface area contributed by atoms with Crippen molar-refractivity contribution in [2.24, 2.45) is 9.98 Å². The maximum atomic E-state index is 10.6. The number of aliphatic imine (C=N–C) groups is 2. The van der Waals surface area contributed by atoms with Crippen LogP contribution in [0.2, 0.25) is 0 Å². The predicted octanol–water partition coefficient (Wildman–Crippen LogP) is 6.19. The Hall–Kier alpha value is -2.62. The van der Waals surface area contributed by atoms with Crippen LogP contribution in [-0.4, -0.2) is 34.7 Å². The van der Waals surface area contributed by atoms with Crippen LogP contribution in [-0.2, 0) is 0 Å². The van der Waals surface area contributed by atoms with Crippen molar-refractivity contribution in [3.63, 3.8) is 0 Å². The van der Waals surface area contributed by atoms with E-state index in [2.05, 4.69) is 27.7 Å². The highest BCUT2D eigenvalue weighted by molar-refractivity contribution is 5.85. The number of phenolic OH excluding ortho intramolecular Hbond substituents is 2. The van der Waals surface area contributed by atoms with Crippen molar-refractivity contribution < 1.29 is 10.2 Å². The predicted molar refractivity (Wildman–Crippen MR) is 126 cm³/mol. The highest BCUT2D eigenvalue weighted by atomic mass is 16.3. The standard InChI is InChI=1S/C26H34N2O2/c1-17(2)21-11-7-9-19(25(21)29)15-27-23-13-5-6-14-24(23)28-16-20-10-8-12-22(18(3)4)26(20)30/h7-12,15-18,23-24,29-30H,5-6,13-14H2,1-4H3/t23-,24-/m1/s1. The third-order valence-corrected chi connectivity index (χ3v) is 5.95. The van der Waals surface area contributed by atoms with Gasteiger partial charge in [0.05, 0.1) is 12.1 Å². The van der Waals surface area contributed by atoms with Gasteiger partial charge in [-0.2, -0.15) is 0 Å². The van der Waals surface area contributed by atoms with Gasteiger partial charge in [0.25, 0.3) is 0 Å². The maximum Gasteiger partial charge on any atom is 0.127 e. The minimum atomic E-state index is 0.0903. The normalized spacial score (nSPS) is 20.1. The molecule has 2 N–H and O–H groups in total. The van der Waals surface area contributed by atoms with E-state index in [-0.39, 0.29) is 23.9 Å². The first-order chi connectivity index (χ1) is 14.4. The summed E-state index contributed by atoms with van der Waals surface area (Å²) in [6.45, 7) is 8.30. The summed E-state index contributed by atoms with van der Waals surface area (Å²) < 4.78 is 0. The van der Waals surface area contributed by atoms with Crippen LogP contribution >= 0.6 is 0 Å². The third kappa shape index (κ3) is 5.10. The monoisotopic (exact) mass is 406 g/mol. The molecule has 2 atom stereocenters. The first-order valence-corrected chi connectivity index (χ1v) is 11.1. The molecule has 1 fully saturated rings. The molecule has 0 unspecified atom stereocenters. The van der Waals surface area contributed by atoms with E-state index in [1.807, 2.05) is 36.4 Å². The van der Waals surface area contributed by atoms with Crippen LogP contribution in [0.1, 0.15) is 87.5 Å². The summed E-state index contributed by atoms with van der Waals surface area (Å²) in [6.07, 6.45) is 7.86. The van der Waals surface area contributed by atoms with Gasteiger partial charge < -0.3 is 10.2 Å². The number of rotatable bonds is 6. The molecule has 2 aromatic carbocycles. The Labute approximate surface area is 180 Å². The second-order valence-corrected chi connectivity index (χ2v) is 8.86.